The standard InChI is InChI=1S/C16H25N/c1-3-15-9-10-16(11-13(15)2)17-12-14-7-5-4-6-8-14/h9-11,14,17H,3-8,12H2,1-2H3. The first kappa shape index (κ1) is 12.5. The monoisotopic (exact) mass is 231 g/mol. The van der Waals surface area contributed by atoms with Crippen molar-refractivity contribution in [2.75, 3.05) is 11.9 Å². The molecule has 1 aromatic carbocycles. The highest BCUT2D eigenvalue weighted by Gasteiger charge is 2.12. The number of rotatable bonds is 4. The van der Waals surface area contributed by atoms with E-state index in [4.69, 9.17) is 0 Å². The lowest BCUT2D eigenvalue weighted by Crippen LogP contribution is -2.17. The molecule has 0 heterocycles. The van der Waals surface area contributed by atoms with Gasteiger partial charge in [0.05, 0.1) is 0 Å². The summed E-state index contributed by atoms with van der Waals surface area (Å²) in [5.74, 6) is 0.898. The lowest BCUT2D eigenvalue weighted by Gasteiger charge is -2.22. The number of benzene rings is 1. The molecule has 1 saturated carbocycles. The number of nitrogens with one attached hydrogen (secondary N) is 1. The van der Waals surface area contributed by atoms with Crippen molar-refractivity contribution in [3.05, 3.63) is 29.3 Å². The second kappa shape index (κ2) is 6.09. The van der Waals surface area contributed by atoms with Crippen LogP contribution in [0.1, 0.15) is 50.2 Å². The Kier molecular flexibility index (Phi) is 4.47. The molecule has 17 heavy (non-hydrogen) atoms. The van der Waals surface area contributed by atoms with Crippen LogP contribution in [0.25, 0.3) is 0 Å². The minimum atomic E-state index is 0.898. The Bertz CT molecular complexity index is 351. The zero-order valence-electron chi connectivity index (χ0n) is 11.3. The van der Waals surface area contributed by atoms with Gasteiger partial charge in [0.1, 0.15) is 0 Å². The van der Waals surface area contributed by atoms with Gasteiger partial charge in [0.25, 0.3) is 0 Å². The van der Waals surface area contributed by atoms with Crippen molar-refractivity contribution >= 4 is 5.69 Å². The minimum Gasteiger partial charge on any atom is -0.385 e. The summed E-state index contributed by atoms with van der Waals surface area (Å²) in [7, 11) is 0. The van der Waals surface area contributed by atoms with Crippen LogP contribution in [0.4, 0.5) is 5.69 Å². The molecule has 0 amide bonds. The summed E-state index contributed by atoms with van der Waals surface area (Å²) >= 11 is 0. The Labute approximate surface area is 106 Å². The summed E-state index contributed by atoms with van der Waals surface area (Å²) in [6, 6.07) is 6.79. The Morgan fingerprint density at radius 1 is 1.18 bits per heavy atom. The van der Waals surface area contributed by atoms with Gasteiger partial charge in [-0.05, 0) is 55.4 Å². The molecule has 1 N–H and O–H groups in total. The molecule has 1 nitrogen and oxygen atoms in total. The molecule has 0 aliphatic heterocycles. The molecular formula is C16H25N. The van der Waals surface area contributed by atoms with Gasteiger partial charge in [0, 0.05) is 12.2 Å². The fourth-order valence-corrected chi connectivity index (χ4v) is 2.86. The van der Waals surface area contributed by atoms with Crippen LogP contribution in [-0.4, -0.2) is 6.54 Å². The molecule has 1 aromatic rings. The second-order valence-corrected chi connectivity index (χ2v) is 5.38. The molecule has 0 atom stereocenters. The topological polar surface area (TPSA) is 12.0 Å². The van der Waals surface area contributed by atoms with Gasteiger partial charge >= 0.3 is 0 Å². The molecule has 1 fully saturated rings. The zero-order chi connectivity index (χ0) is 12.1. The second-order valence-electron chi connectivity index (χ2n) is 5.38. The van der Waals surface area contributed by atoms with E-state index in [-0.39, 0.29) is 0 Å². The first-order chi connectivity index (χ1) is 8.29. The molecule has 94 valence electrons. The molecule has 0 spiro atoms. The van der Waals surface area contributed by atoms with E-state index in [9.17, 15) is 0 Å². The quantitative estimate of drug-likeness (QED) is 0.801. The van der Waals surface area contributed by atoms with Gasteiger partial charge in [-0.25, -0.2) is 0 Å². The predicted molar refractivity (Wildman–Crippen MR) is 75.6 cm³/mol. The van der Waals surface area contributed by atoms with E-state index in [1.807, 2.05) is 0 Å². The van der Waals surface area contributed by atoms with Crippen molar-refractivity contribution in [3.8, 4) is 0 Å². The van der Waals surface area contributed by atoms with Crippen LogP contribution in [0.2, 0.25) is 0 Å². The third-order valence-electron chi connectivity index (χ3n) is 4.04. The maximum atomic E-state index is 3.61. The van der Waals surface area contributed by atoms with Gasteiger partial charge in [-0.2, -0.15) is 0 Å². The molecule has 1 aliphatic rings. The van der Waals surface area contributed by atoms with E-state index in [2.05, 4.69) is 37.4 Å². The molecule has 2 rings (SSSR count). The molecule has 0 unspecified atom stereocenters. The van der Waals surface area contributed by atoms with E-state index in [0.717, 1.165) is 18.9 Å². The molecule has 0 radical (unpaired) electrons. The van der Waals surface area contributed by atoms with Crippen molar-refractivity contribution in [2.45, 2.75) is 52.4 Å². The van der Waals surface area contributed by atoms with E-state index in [1.165, 1.54) is 48.9 Å². The van der Waals surface area contributed by atoms with E-state index in [0.29, 0.717) is 0 Å². The Hall–Kier alpha value is -0.980. The van der Waals surface area contributed by atoms with Crippen molar-refractivity contribution < 1.29 is 0 Å². The van der Waals surface area contributed by atoms with Crippen LogP contribution < -0.4 is 5.32 Å². The molecule has 0 aromatic heterocycles. The van der Waals surface area contributed by atoms with Gasteiger partial charge in [-0.3, -0.25) is 0 Å². The molecule has 0 saturated heterocycles. The smallest absolute Gasteiger partial charge is 0.0343 e. The molecule has 0 bridgehead atoms. The largest absolute Gasteiger partial charge is 0.385 e. The zero-order valence-corrected chi connectivity index (χ0v) is 11.3. The average molecular weight is 231 g/mol. The predicted octanol–water partition coefficient (Wildman–Crippen LogP) is 4.55. The normalized spacial score (nSPS) is 17.1. The first-order valence-electron chi connectivity index (χ1n) is 7.13. The van der Waals surface area contributed by atoms with Gasteiger partial charge in [0.15, 0.2) is 0 Å². The lowest BCUT2D eigenvalue weighted by atomic mass is 9.89. The summed E-state index contributed by atoms with van der Waals surface area (Å²) in [5, 5.41) is 3.61. The highest BCUT2D eigenvalue weighted by molar-refractivity contribution is 5.48. The van der Waals surface area contributed by atoms with Crippen LogP contribution in [-0.2, 0) is 6.42 Å². The fraction of sp³-hybridized carbons (Fsp3) is 0.625. The van der Waals surface area contributed by atoms with Crippen LogP contribution >= 0.6 is 0 Å². The number of hydrogen-bond acceptors (Lipinski definition) is 1. The van der Waals surface area contributed by atoms with Crippen molar-refractivity contribution in [2.24, 2.45) is 5.92 Å². The van der Waals surface area contributed by atoms with Crippen molar-refractivity contribution in [3.63, 3.8) is 0 Å². The maximum absolute atomic E-state index is 3.61. The lowest BCUT2D eigenvalue weighted by molar-refractivity contribution is 0.373. The highest BCUT2D eigenvalue weighted by Crippen LogP contribution is 2.24. The Morgan fingerprint density at radius 2 is 1.94 bits per heavy atom. The summed E-state index contributed by atoms with van der Waals surface area (Å²) in [4.78, 5) is 0. The van der Waals surface area contributed by atoms with Gasteiger partial charge in [-0.15, -0.1) is 0 Å². The van der Waals surface area contributed by atoms with Crippen LogP contribution in [0, 0.1) is 12.8 Å². The molecule has 1 heteroatoms. The van der Waals surface area contributed by atoms with E-state index >= 15 is 0 Å². The van der Waals surface area contributed by atoms with Crippen LogP contribution in [0.5, 0.6) is 0 Å². The first-order valence-corrected chi connectivity index (χ1v) is 7.13. The van der Waals surface area contributed by atoms with Crippen LogP contribution in [0.15, 0.2) is 18.2 Å². The van der Waals surface area contributed by atoms with E-state index in [1.54, 1.807) is 0 Å². The van der Waals surface area contributed by atoms with Crippen LogP contribution in [0.3, 0.4) is 0 Å². The maximum Gasteiger partial charge on any atom is 0.0343 e. The summed E-state index contributed by atoms with van der Waals surface area (Å²) < 4.78 is 0. The summed E-state index contributed by atoms with van der Waals surface area (Å²) in [6.45, 7) is 5.59. The number of anilines is 1. The highest BCUT2D eigenvalue weighted by atomic mass is 14.9. The average Bonchev–Trinajstić information content (AvgIpc) is 2.38. The minimum absolute atomic E-state index is 0.898. The van der Waals surface area contributed by atoms with E-state index < -0.39 is 0 Å². The third kappa shape index (κ3) is 3.49. The summed E-state index contributed by atoms with van der Waals surface area (Å²) in [6.07, 6.45) is 8.27. The fourth-order valence-electron chi connectivity index (χ4n) is 2.86. The summed E-state index contributed by atoms with van der Waals surface area (Å²) in [5.41, 5.74) is 4.18. The van der Waals surface area contributed by atoms with Gasteiger partial charge in [-0.1, -0.05) is 32.3 Å². The molecular weight excluding hydrogens is 206 g/mol. The molecule has 1 aliphatic carbocycles. The van der Waals surface area contributed by atoms with Crippen molar-refractivity contribution in [1.29, 1.82) is 0 Å². The third-order valence-corrected chi connectivity index (χ3v) is 4.04. The van der Waals surface area contributed by atoms with Crippen molar-refractivity contribution in [1.82, 2.24) is 0 Å². The van der Waals surface area contributed by atoms with Gasteiger partial charge in [0.2, 0.25) is 0 Å². The Balaban J connectivity index is 1.87. The number of hydrogen-bond donors (Lipinski definition) is 1. The SMILES string of the molecule is CCc1ccc(NCC2CCCCC2)cc1C. The van der Waals surface area contributed by atoms with Gasteiger partial charge < -0.3 is 5.32 Å². The number of aryl methyl sites for hydroxylation is 2. The Morgan fingerprint density at radius 3 is 2.59 bits per heavy atom.